The van der Waals surface area contributed by atoms with Crippen LogP contribution in [-0.2, 0) is 9.47 Å². The number of nitrogens with zero attached hydrogens (tertiary/aromatic N) is 3. The molecule has 0 radical (unpaired) electrons. The largest absolute Gasteiger partial charge is 0.444 e. The van der Waals surface area contributed by atoms with Crippen LogP contribution in [0.5, 0.6) is 0 Å². The zero-order valence-electron chi connectivity index (χ0n) is 11.7. The molecule has 1 amide bonds. The fourth-order valence-electron chi connectivity index (χ4n) is 1.09. The van der Waals surface area contributed by atoms with Crippen molar-refractivity contribution in [2.24, 2.45) is 5.11 Å². The molecule has 0 saturated carbocycles. The Labute approximate surface area is 107 Å². The Hall–Kier alpha value is -1.46. The molecule has 0 spiro atoms. The average Bonchev–Trinajstić information content (AvgIpc) is 2.12. The first kappa shape index (κ1) is 16.5. The van der Waals surface area contributed by atoms with E-state index in [1.807, 2.05) is 13.8 Å². The van der Waals surface area contributed by atoms with Gasteiger partial charge in [0.1, 0.15) is 5.60 Å². The molecule has 0 aromatic rings. The number of azide groups is 1. The summed E-state index contributed by atoms with van der Waals surface area (Å²) < 4.78 is 10.4. The fraction of sp³-hybridized carbons (Fsp3) is 0.909. The second kappa shape index (κ2) is 7.08. The second-order valence-corrected chi connectivity index (χ2v) is 5.52. The molecule has 0 aliphatic heterocycles. The number of alkyl carbamates (subject to hydrolysis) is 1. The Morgan fingerprint density at radius 3 is 2.44 bits per heavy atom. The van der Waals surface area contributed by atoms with Crippen LogP contribution in [0.15, 0.2) is 5.11 Å². The Balaban J connectivity index is 3.98. The normalized spacial score (nSPS) is 11.6. The maximum atomic E-state index is 11.6. The third-order valence-corrected chi connectivity index (χ3v) is 1.70. The minimum absolute atomic E-state index is 0.277. The van der Waals surface area contributed by atoms with Gasteiger partial charge in [0.05, 0.1) is 18.8 Å². The summed E-state index contributed by atoms with van der Waals surface area (Å²) in [5, 5.41) is 6.06. The lowest BCUT2D eigenvalue weighted by atomic mass is 10.1. The number of hydrogen-bond acceptors (Lipinski definition) is 4. The van der Waals surface area contributed by atoms with E-state index in [-0.39, 0.29) is 6.54 Å². The summed E-state index contributed by atoms with van der Waals surface area (Å²) in [6, 6.07) is 0. The van der Waals surface area contributed by atoms with Gasteiger partial charge in [0.15, 0.2) is 0 Å². The highest BCUT2D eigenvalue weighted by atomic mass is 16.6. The lowest BCUT2D eigenvalue weighted by molar-refractivity contribution is 0.0357. The van der Waals surface area contributed by atoms with Crippen LogP contribution in [0.4, 0.5) is 4.79 Å². The van der Waals surface area contributed by atoms with E-state index >= 15 is 0 Å². The molecule has 0 unspecified atom stereocenters. The van der Waals surface area contributed by atoms with Crippen LogP contribution in [0, 0.1) is 0 Å². The van der Waals surface area contributed by atoms with E-state index in [1.165, 1.54) is 0 Å². The van der Waals surface area contributed by atoms with Crippen molar-refractivity contribution in [1.29, 1.82) is 0 Å². The van der Waals surface area contributed by atoms with Crippen molar-refractivity contribution in [2.45, 2.75) is 45.8 Å². The molecule has 0 aliphatic carbocycles. The molecule has 0 heterocycles. The number of nitrogens with one attached hydrogen (secondary N) is 1. The zero-order chi connectivity index (χ0) is 14.2. The molecule has 0 rings (SSSR count). The van der Waals surface area contributed by atoms with Crippen molar-refractivity contribution < 1.29 is 14.3 Å². The molecule has 7 heteroatoms. The molecule has 0 atom stereocenters. The van der Waals surface area contributed by atoms with Gasteiger partial charge in [-0.1, -0.05) is 5.11 Å². The van der Waals surface area contributed by atoms with Crippen molar-refractivity contribution in [3.05, 3.63) is 10.4 Å². The molecule has 0 aromatic carbocycles. The van der Waals surface area contributed by atoms with Gasteiger partial charge in [-0.25, -0.2) is 4.79 Å². The van der Waals surface area contributed by atoms with E-state index in [0.717, 1.165) is 0 Å². The summed E-state index contributed by atoms with van der Waals surface area (Å²) in [4.78, 5) is 14.2. The smallest absolute Gasteiger partial charge is 0.408 e. The third-order valence-electron chi connectivity index (χ3n) is 1.70. The minimum atomic E-state index is -0.543. The molecule has 0 aliphatic rings. The summed E-state index contributed by atoms with van der Waals surface area (Å²) in [6.07, 6.45) is -0.480. The number of carbonyl (C=O) groups is 1. The number of ether oxygens (including phenoxy) is 2. The molecule has 0 aromatic heterocycles. The number of rotatable bonds is 6. The summed E-state index contributed by atoms with van der Waals surface area (Å²) >= 11 is 0. The van der Waals surface area contributed by atoms with Gasteiger partial charge in [0.25, 0.3) is 0 Å². The van der Waals surface area contributed by atoms with Crippen LogP contribution in [0.1, 0.15) is 34.6 Å². The first-order chi connectivity index (χ1) is 8.16. The van der Waals surface area contributed by atoms with Gasteiger partial charge in [0.2, 0.25) is 0 Å². The highest BCUT2D eigenvalue weighted by Crippen LogP contribution is 2.09. The number of carbonyl (C=O) groups excluding carboxylic acids is 1. The molecule has 0 bridgehead atoms. The van der Waals surface area contributed by atoms with Crippen molar-refractivity contribution in [1.82, 2.24) is 5.32 Å². The van der Waals surface area contributed by atoms with Crippen LogP contribution in [0.2, 0.25) is 0 Å². The van der Waals surface area contributed by atoms with E-state index in [9.17, 15) is 4.79 Å². The summed E-state index contributed by atoms with van der Waals surface area (Å²) in [7, 11) is 0. The van der Waals surface area contributed by atoms with Crippen LogP contribution in [-0.4, -0.2) is 37.0 Å². The van der Waals surface area contributed by atoms with Gasteiger partial charge in [-0.05, 0) is 40.1 Å². The molecule has 0 fully saturated rings. The first-order valence-corrected chi connectivity index (χ1v) is 5.76. The molecule has 1 N–H and O–H groups in total. The summed E-state index contributed by atoms with van der Waals surface area (Å²) in [5.74, 6) is 0. The van der Waals surface area contributed by atoms with Gasteiger partial charge in [-0.3, -0.25) is 0 Å². The highest BCUT2D eigenvalue weighted by Gasteiger charge is 2.24. The molecule has 0 saturated heterocycles. The van der Waals surface area contributed by atoms with Gasteiger partial charge < -0.3 is 14.8 Å². The van der Waals surface area contributed by atoms with Gasteiger partial charge in [-0.15, -0.1) is 0 Å². The predicted octanol–water partition coefficient (Wildman–Crippen LogP) is 2.62. The van der Waals surface area contributed by atoms with Crippen LogP contribution >= 0.6 is 0 Å². The van der Waals surface area contributed by atoms with E-state index < -0.39 is 17.2 Å². The monoisotopic (exact) mass is 258 g/mol. The maximum absolute atomic E-state index is 11.6. The van der Waals surface area contributed by atoms with E-state index in [0.29, 0.717) is 13.2 Å². The number of hydrogen-bond donors (Lipinski definition) is 1. The minimum Gasteiger partial charge on any atom is -0.444 e. The Morgan fingerprint density at radius 2 is 1.94 bits per heavy atom. The summed E-state index contributed by atoms with van der Waals surface area (Å²) in [5.41, 5.74) is 7.01. The van der Waals surface area contributed by atoms with E-state index in [4.69, 9.17) is 15.0 Å². The van der Waals surface area contributed by atoms with E-state index in [2.05, 4.69) is 15.3 Å². The average molecular weight is 258 g/mol. The van der Waals surface area contributed by atoms with Crippen LogP contribution in [0.25, 0.3) is 10.4 Å². The predicted molar refractivity (Wildman–Crippen MR) is 68.3 cm³/mol. The molecule has 18 heavy (non-hydrogen) atoms. The fourth-order valence-corrected chi connectivity index (χ4v) is 1.09. The van der Waals surface area contributed by atoms with Crippen LogP contribution < -0.4 is 5.32 Å². The molecule has 104 valence electrons. The molecular weight excluding hydrogens is 236 g/mol. The highest BCUT2D eigenvalue weighted by molar-refractivity contribution is 5.68. The Bertz CT molecular complexity index is 317. The van der Waals surface area contributed by atoms with Gasteiger partial charge in [0, 0.05) is 11.5 Å². The van der Waals surface area contributed by atoms with E-state index in [1.54, 1.807) is 20.8 Å². The van der Waals surface area contributed by atoms with Crippen molar-refractivity contribution in [3.8, 4) is 0 Å². The van der Waals surface area contributed by atoms with Crippen molar-refractivity contribution in [3.63, 3.8) is 0 Å². The van der Waals surface area contributed by atoms with Gasteiger partial charge in [-0.2, -0.15) is 0 Å². The summed E-state index contributed by atoms with van der Waals surface area (Å²) in [6.45, 7) is 9.96. The molecule has 7 nitrogen and oxygen atoms in total. The second-order valence-electron chi connectivity index (χ2n) is 5.52. The Kier molecular flexibility index (Phi) is 6.51. The standard InChI is InChI=1S/C11H22N4O3/c1-10(2,3)18-9(16)14-11(4,5)8-17-7-6-13-15-12/h6-8H2,1-5H3,(H,14,16). The SMILES string of the molecule is CC(C)(COCCN=[N+]=[N-])NC(=O)OC(C)(C)C. The van der Waals surface area contributed by atoms with Crippen LogP contribution in [0.3, 0.4) is 0 Å². The maximum Gasteiger partial charge on any atom is 0.408 e. The zero-order valence-corrected chi connectivity index (χ0v) is 11.7. The topological polar surface area (TPSA) is 96.3 Å². The van der Waals surface area contributed by atoms with Crippen molar-refractivity contribution >= 4 is 6.09 Å². The Morgan fingerprint density at radius 1 is 1.33 bits per heavy atom. The van der Waals surface area contributed by atoms with Crippen molar-refractivity contribution in [2.75, 3.05) is 19.8 Å². The number of amides is 1. The third kappa shape index (κ3) is 9.74. The molecular formula is C11H22N4O3. The quantitative estimate of drug-likeness (QED) is 0.343. The first-order valence-electron chi connectivity index (χ1n) is 5.76. The van der Waals surface area contributed by atoms with Gasteiger partial charge >= 0.3 is 6.09 Å². The lowest BCUT2D eigenvalue weighted by Gasteiger charge is -2.28. The lowest BCUT2D eigenvalue weighted by Crippen LogP contribution is -2.48.